The van der Waals surface area contributed by atoms with Gasteiger partial charge < -0.3 is 9.64 Å². The van der Waals surface area contributed by atoms with Crippen LogP contribution in [0.15, 0.2) is 15.5 Å². The number of rotatable bonds is 5. The van der Waals surface area contributed by atoms with Crippen molar-refractivity contribution in [3.05, 3.63) is 16.2 Å². The molecule has 4 nitrogen and oxygen atoms in total. The van der Waals surface area contributed by atoms with Gasteiger partial charge in [0.25, 0.3) is 0 Å². The second kappa shape index (κ2) is 7.95. The Morgan fingerprint density at radius 3 is 2.86 bits per heavy atom. The quantitative estimate of drug-likeness (QED) is 0.557. The summed E-state index contributed by atoms with van der Waals surface area (Å²) in [7, 11) is 2.00. The molecule has 2 rings (SSSR count). The summed E-state index contributed by atoms with van der Waals surface area (Å²) < 4.78 is 7.04. The largest absolute Gasteiger partial charge is 0.473 e. The number of aliphatic imine (C=N–C) groups is 1. The number of nitrogens with zero attached hydrogens (tertiary/aromatic N) is 3. The number of hydrogen-bond donors (Lipinski definition) is 0. The fourth-order valence-corrected chi connectivity index (χ4v) is 3.00. The molecule has 122 valence electrons. The van der Waals surface area contributed by atoms with Crippen LogP contribution >= 0.6 is 15.9 Å². The summed E-state index contributed by atoms with van der Waals surface area (Å²) >= 11 is 3.58. The van der Waals surface area contributed by atoms with Gasteiger partial charge in [-0.25, -0.2) is 9.98 Å². The molecule has 0 bridgehead atoms. The van der Waals surface area contributed by atoms with Crippen molar-refractivity contribution in [3.63, 3.8) is 0 Å². The Hall–Kier alpha value is -1.10. The van der Waals surface area contributed by atoms with E-state index >= 15 is 0 Å². The Balaban J connectivity index is 2.13. The Bertz CT molecular complexity index is 533. The first kappa shape index (κ1) is 17.3. The second-order valence-corrected chi connectivity index (χ2v) is 6.97. The Morgan fingerprint density at radius 2 is 2.18 bits per heavy atom. The summed E-state index contributed by atoms with van der Waals surface area (Å²) in [4.78, 5) is 11.1. The van der Waals surface area contributed by atoms with E-state index in [2.05, 4.69) is 39.8 Å². The van der Waals surface area contributed by atoms with Crippen LogP contribution in [0.3, 0.4) is 0 Å². The first-order valence-electron chi connectivity index (χ1n) is 8.09. The normalized spacial score (nSPS) is 22.0. The summed E-state index contributed by atoms with van der Waals surface area (Å²) in [5.41, 5.74) is 1.76. The first-order valence-corrected chi connectivity index (χ1v) is 8.88. The maximum Gasteiger partial charge on any atom is 0.228 e. The van der Waals surface area contributed by atoms with Crippen LogP contribution in [0.2, 0.25) is 0 Å². The predicted octanol–water partition coefficient (Wildman–Crippen LogP) is 4.72. The van der Waals surface area contributed by atoms with Crippen LogP contribution in [0.4, 0.5) is 5.69 Å². The lowest BCUT2D eigenvalue weighted by molar-refractivity contribution is 0.0966. The average molecular weight is 368 g/mol. The number of aromatic nitrogens is 1. The molecule has 2 unspecified atom stereocenters. The minimum Gasteiger partial charge on any atom is -0.473 e. The molecule has 1 saturated carbocycles. The van der Waals surface area contributed by atoms with E-state index in [0.29, 0.717) is 11.8 Å². The molecule has 5 heteroatoms. The average Bonchev–Trinajstić information content (AvgIpc) is 2.51. The third-order valence-corrected chi connectivity index (χ3v) is 4.86. The van der Waals surface area contributed by atoms with Gasteiger partial charge in [0.1, 0.15) is 6.10 Å². The van der Waals surface area contributed by atoms with Gasteiger partial charge in [-0.1, -0.05) is 13.3 Å². The minimum absolute atomic E-state index is 0.275. The van der Waals surface area contributed by atoms with E-state index in [0.717, 1.165) is 28.8 Å². The maximum absolute atomic E-state index is 6.16. The molecule has 0 aliphatic heterocycles. The van der Waals surface area contributed by atoms with Gasteiger partial charge in [0.15, 0.2) is 0 Å². The molecule has 1 aliphatic carbocycles. The Morgan fingerprint density at radius 1 is 1.45 bits per heavy atom. The molecule has 1 heterocycles. The third-order valence-electron chi connectivity index (χ3n) is 4.30. The summed E-state index contributed by atoms with van der Waals surface area (Å²) in [5.74, 6) is 1.29. The highest BCUT2D eigenvalue weighted by atomic mass is 79.9. The van der Waals surface area contributed by atoms with Crippen LogP contribution in [0, 0.1) is 12.8 Å². The van der Waals surface area contributed by atoms with Crippen molar-refractivity contribution in [2.45, 2.75) is 52.6 Å². The van der Waals surface area contributed by atoms with Crippen molar-refractivity contribution in [2.24, 2.45) is 10.9 Å². The zero-order valence-corrected chi connectivity index (χ0v) is 15.6. The molecule has 1 aromatic heterocycles. The number of halogens is 1. The lowest BCUT2D eigenvalue weighted by Crippen LogP contribution is -2.28. The van der Waals surface area contributed by atoms with Crippen LogP contribution in [0.5, 0.6) is 5.88 Å². The van der Waals surface area contributed by atoms with E-state index < -0.39 is 0 Å². The van der Waals surface area contributed by atoms with E-state index in [1.807, 2.05) is 31.3 Å². The molecule has 0 aromatic carbocycles. The third kappa shape index (κ3) is 4.45. The topological polar surface area (TPSA) is 37.7 Å². The molecule has 0 radical (unpaired) electrons. The van der Waals surface area contributed by atoms with Gasteiger partial charge in [-0.05, 0) is 61.0 Å². The highest BCUT2D eigenvalue weighted by molar-refractivity contribution is 9.10. The summed E-state index contributed by atoms with van der Waals surface area (Å²) in [5, 5.41) is 0. The molecule has 0 N–H and O–H groups in total. The van der Waals surface area contributed by atoms with Gasteiger partial charge >= 0.3 is 0 Å². The number of hydrogen-bond acceptors (Lipinski definition) is 3. The second-order valence-electron chi connectivity index (χ2n) is 6.12. The van der Waals surface area contributed by atoms with E-state index in [9.17, 15) is 0 Å². The Kier molecular flexibility index (Phi) is 6.24. The molecule has 0 spiro atoms. The van der Waals surface area contributed by atoms with Crippen molar-refractivity contribution >= 4 is 28.0 Å². The lowest BCUT2D eigenvalue weighted by Gasteiger charge is -2.29. The summed E-state index contributed by atoms with van der Waals surface area (Å²) in [6.07, 6.45) is 7.03. The van der Waals surface area contributed by atoms with Gasteiger partial charge in [-0.2, -0.15) is 0 Å². The molecule has 1 aromatic rings. The van der Waals surface area contributed by atoms with Gasteiger partial charge in [0.05, 0.1) is 22.2 Å². The first-order chi connectivity index (χ1) is 10.5. The van der Waals surface area contributed by atoms with Crippen molar-refractivity contribution in [2.75, 3.05) is 13.6 Å². The molecular weight excluding hydrogens is 342 g/mol. The highest BCUT2D eigenvalue weighted by Crippen LogP contribution is 2.33. The van der Waals surface area contributed by atoms with E-state index in [1.54, 1.807) is 0 Å². The number of pyridine rings is 1. The molecule has 2 atom stereocenters. The van der Waals surface area contributed by atoms with Crippen molar-refractivity contribution < 1.29 is 4.74 Å². The van der Waals surface area contributed by atoms with Gasteiger partial charge in [-0.15, -0.1) is 0 Å². The van der Waals surface area contributed by atoms with Gasteiger partial charge in [0.2, 0.25) is 5.88 Å². The minimum atomic E-state index is 0.275. The predicted molar refractivity (Wildman–Crippen MR) is 95.2 cm³/mol. The van der Waals surface area contributed by atoms with Crippen LogP contribution < -0.4 is 4.74 Å². The number of aryl methyl sites for hydroxylation is 1. The fraction of sp³-hybridized carbons (Fsp3) is 0.647. The van der Waals surface area contributed by atoms with Gasteiger partial charge in [-0.3, -0.25) is 0 Å². The van der Waals surface area contributed by atoms with E-state index in [-0.39, 0.29) is 6.10 Å². The number of ether oxygens (including phenoxy) is 1. The fourth-order valence-electron chi connectivity index (χ4n) is 2.61. The van der Waals surface area contributed by atoms with Crippen molar-refractivity contribution in [3.8, 4) is 5.88 Å². The molecular formula is C17H26BrN3O. The standard InChI is InChI=1S/C17H26BrN3O/c1-5-21(4)11-19-15-10-14(18)17(20-13(15)3)22-16-9-7-6-8-12(16)2/h10-12,16H,5-9H2,1-4H3. The molecule has 1 aliphatic rings. The maximum atomic E-state index is 6.16. The highest BCUT2D eigenvalue weighted by Gasteiger charge is 2.24. The van der Waals surface area contributed by atoms with E-state index in [1.165, 1.54) is 19.3 Å². The summed E-state index contributed by atoms with van der Waals surface area (Å²) in [6, 6.07) is 1.99. The van der Waals surface area contributed by atoms with Crippen LogP contribution in [0.25, 0.3) is 0 Å². The van der Waals surface area contributed by atoms with Crippen LogP contribution in [0.1, 0.15) is 45.2 Å². The molecule has 1 fully saturated rings. The van der Waals surface area contributed by atoms with Crippen LogP contribution in [-0.2, 0) is 0 Å². The smallest absolute Gasteiger partial charge is 0.228 e. The lowest BCUT2D eigenvalue weighted by atomic mass is 9.88. The molecule has 22 heavy (non-hydrogen) atoms. The van der Waals surface area contributed by atoms with Crippen LogP contribution in [-0.4, -0.2) is 35.9 Å². The molecule has 0 saturated heterocycles. The zero-order valence-electron chi connectivity index (χ0n) is 14.0. The zero-order chi connectivity index (χ0) is 16.1. The Labute approximate surface area is 142 Å². The monoisotopic (exact) mass is 367 g/mol. The van der Waals surface area contributed by atoms with Gasteiger partial charge in [0, 0.05) is 13.6 Å². The van der Waals surface area contributed by atoms with Crippen molar-refractivity contribution in [1.82, 2.24) is 9.88 Å². The van der Waals surface area contributed by atoms with Crippen molar-refractivity contribution in [1.29, 1.82) is 0 Å². The molecule has 0 amide bonds. The summed E-state index contributed by atoms with van der Waals surface area (Å²) in [6.45, 7) is 7.26. The van der Waals surface area contributed by atoms with E-state index in [4.69, 9.17) is 4.74 Å². The SMILES string of the molecule is CCN(C)C=Nc1cc(Br)c(OC2CCCCC2C)nc1C.